The Morgan fingerprint density at radius 1 is 1.30 bits per heavy atom. The Bertz CT molecular complexity index is 1210. The average Bonchev–Trinajstić information content (AvgIpc) is 3.25. The Labute approximate surface area is 190 Å². The van der Waals surface area contributed by atoms with Crippen LogP contribution in [0.15, 0.2) is 42.7 Å². The Morgan fingerprint density at radius 3 is 2.70 bits per heavy atom. The molecule has 0 spiro atoms. The van der Waals surface area contributed by atoms with Crippen LogP contribution in [0.3, 0.4) is 0 Å². The summed E-state index contributed by atoms with van der Waals surface area (Å²) < 4.78 is 39.7. The summed E-state index contributed by atoms with van der Waals surface area (Å²) in [4.78, 5) is 17.0. The fraction of sp³-hybridized carbons (Fsp3) is 0.360. The summed E-state index contributed by atoms with van der Waals surface area (Å²) in [6.07, 6.45) is 3.21. The highest BCUT2D eigenvalue weighted by Gasteiger charge is 2.34. The van der Waals surface area contributed by atoms with Crippen LogP contribution in [0.5, 0.6) is 0 Å². The summed E-state index contributed by atoms with van der Waals surface area (Å²) in [5, 5.41) is 5.93. The van der Waals surface area contributed by atoms with Crippen LogP contribution < -0.4 is 10.6 Å². The first-order valence-corrected chi connectivity index (χ1v) is 11.0. The number of fused-ring (bicyclic) bond motifs is 1. The second-order valence-corrected chi connectivity index (χ2v) is 8.64. The number of carbonyl (C=O) groups excluding carboxylic acids is 1. The number of nitrogens with zero attached hydrogens (tertiary/aromatic N) is 2. The number of nitrogens with one attached hydrogen (secondary N) is 2. The topological polar surface area (TPSA) is 58.4 Å². The summed E-state index contributed by atoms with van der Waals surface area (Å²) in [7, 11) is 0. The first-order chi connectivity index (χ1) is 15.7. The monoisotopic (exact) mass is 456 g/mol. The number of imidazole rings is 1. The van der Waals surface area contributed by atoms with Gasteiger partial charge in [0.2, 0.25) is 0 Å². The number of carbonyl (C=O) groups is 1. The lowest BCUT2D eigenvalue weighted by Gasteiger charge is -2.13. The van der Waals surface area contributed by atoms with E-state index in [2.05, 4.69) is 22.5 Å². The molecule has 1 aliphatic rings. The van der Waals surface area contributed by atoms with Crippen molar-refractivity contribution in [2.45, 2.75) is 45.8 Å². The van der Waals surface area contributed by atoms with Crippen LogP contribution in [-0.4, -0.2) is 34.1 Å². The Morgan fingerprint density at radius 2 is 2.06 bits per heavy atom. The Balaban J connectivity index is 1.66. The van der Waals surface area contributed by atoms with Gasteiger partial charge in [-0.05, 0) is 55.5 Å². The summed E-state index contributed by atoms with van der Waals surface area (Å²) in [5.41, 5.74) is 5.06. The van der Waals surface area contributed by atoms with Crippen molar-refractivity contribution >= 4 is 23.3 Å². The minimum atomic E-state index is -4.23. The molecule has 1 amide bonds. The Kier molecular flexibility index (Phi) is 6.19. The number of hydrogen-bond acceptors (Lipinski definition) is 3. The van der Waals surface area contributed by atoms with Gasteiger partial charge in [0.05, 0.1) is 24.0 Å². The number of amides is 1. The first kappa shape index (κ1) is 22.9. The van der Waals surface area contributed by atoms with Crippen molar-refractivity contribution in [2.24, 2.45) is 5.92 Å². The van der Waals surface area contributed by atoms with E-state index in [1.807, 2.05) is 54.8 Å². The lowest BCUT2D eigenvalue weighted by atomic mass is 10.0. The summed E-state index contributed by atoms with van der Waals surface area (Å²) in [6.45, 7) is 5.65. The molecule has 2 heterocycles. The highest BCUT2D eigenvalue weighted by molar-refractivity contribution is 5.96. The maximum atomic E-state index is 12.6. The van der Waals surface area contributed by atoms with Crippen molar-refractivity contribution < 1.29 is 18.0 Å². The number of rotatable bonds is 7. The molecule has 1 aliphatic carbocycles. The largest absolute Gasteiger partial charge is 0.390 e. The smallest absolute Gasteiger partial charge is 0.382 e. The van der Waals surface area contributed by atoms with Crippen molar-refractivity contribution in [1.29, 1.82) is 0 Å². The molecule has 2 atom stereocenters. The number of anilines is 1. The molecule has 0 saturated heterocycles. The molecule has 1 saturated carbocycles. The highest BCUT2D eigenvalue weighted by Crippen LogP contribution is 2.31. The number of hydrogen-bond donors (Lipinski definition) is 2. The molecule has 2 unspecified atom stereocenters. The molecule has 1 aromatic carbocycles. The maximum Gasteiger partial charge on any atom is 0.390 e. The van der Waals surface area contributed by atoms with Crippen LogP contribution in [0.4, 0.5) is 18.9 Å². The van der Waals surface area contributed by atoms with Gasteiger partial charge in [-0.1, -0.05) is 25.1 Å². The number of alkyl halides is 3. The molecule has 0 aliphatic heterocycles. The van der Waals surface area contributed by atoms with Crippen LogP contribution >= 0.6 is 0 Å². The van der Waals surface area contributed by atoms with Gasteiger partial charge < -0.3 is 10.6 Å². The van der Waals surface area contributed by atoms with E-state index >= 15 is 0 Å². The fourth-order valence-corrected chi connectivity index (χ4v) is 3.92. The van der Waals surface area contributed by atoms with Gasteiger partial charge >= 0.3 is 6.18 Å². The Hall–Kier alpha value is -3.29. The third kappa shape index (κ3) is 5.21. The van der Waals surface area contributed by atoms with Gasteiger partial charge in [-0.25, -0.2) is 4.98 Å². The zero-order valence-electron chi connectivity index (χ0n) is 18.8. The summed E-state index contributed by atoms with van der Waals surface area (Å²) >= 11 is 0. The van der Waals surface area contributed by atoms with E-state index in [0.717, 1.165) is 28.8 Å². The van der Waals surface area contributed by atoms with Crippen LogP contribution in [0, 0.1) is 12.8 Å². The minimum Gasteiger partial charge on any atom is -0.382 e. The lowest BCUT2D eigenvalue weighted by Crippen LogP contribution is -2.27. The standard InChI is InChI=1S/C25H27F3N4O/c1-4-5-17-12-21(29-9-8-25(26,27)28)23-30-13-22(32(23)14-17)18-6-7-19(15(2)10-18)24(33)31-20-11-16(20)3/h4-7,10,12-14,16,20,29H,8-9,11H2,1-3H3,(H,31,33). The molecule has 174 valence electrons. The first-order valence-electron chi connectivity index (χ1n) is 11.0. The third-order valence-electron chi connectivity index (χ3n) is 5.90. The van der Waals surface area contributed by atoms with Crippen LogP contribution in [0.2, 0.25) is 0 Å². The molecule has 0 radical (unpaired) electrons. The highest BCUT2D eigenvalue weighted by atomic mass is 19.4. The summed E-state index contributed by atoms with van der Waals surface area (Å²) in [6, 6.07) is 7.67. The van der Waals surface area contributed by atoms with E-state index in [9.17, 15) is 18.0 Å². The number of aromatic nitrogens is 2. The molecular formula is C25H27F3N4O. The molecular weight excluding hydrogens is 429 g/mol. The number of aryl methyl sites for hydroxylation is 1. The number of pyridine rings is 1. The van der Waals surface area contributed by atoms with Gasteiger partial charge in [-0.3, -0.25) is 9.20 Å². The molecule has 1 fully saturated rings. The predicted octanol–water partition coefficient (Wildman–Crippen LogP) is 5.85. The molecule has 4 rings (SSSR count). The molecule has 0 bridgehead atoms. The van der Waals surface area contributed by atoms with Gasteiger partial charge in [0.25, 0.3) is 5.91 Å². The van der Waals surface area contributed by atoms with E-state index in [-0.39, 0.29) is 18.5 Å². The van der Waals surface area contributed by atoms with E-state index in [4.69, 9.17) is 0 Å². The molecule has 8 heteroatoms. The molecule has 33 heavy (non-hydrogen) atoms. The second kappa shape index (κ2) is 8.92. The van der Waals surface area contributed by atoms with Crippen molar-refractivity contribution in [3.8, 4) is 11.3 Å². The van der Waals surface area contributed by atoms with Gasteiger partial charge in [0.15, 0.2) is 5.65 Å². The van der Waals surface area contributed by atoms with Crippen LogP contribution in [-0.2, 0) is 0 Å². The maximum absolute atomic E-state index is 12.6. The predicted molar refractivity (Wildman–Crippen MR) is 124 cm³/mol. The SMILES string of the molecule is CC=Cc1cc(NCCC(F)(F)F)c2ncc(-c3ccc(C(=O)NC4CC4C)c(C)c3)n2c1. The number of halogens is 3. The van der Waals surface area contributed by atoms with E-state index in [1.165, 1.54) is 0 Å². The third-order valence-corrected chi connectivity index (χ3v) is 5.90. The van der Waals surface area contributed by atoms with E-state index in [0.29, 0.717) is 22.8 Å². The van der Waals surface area contributed by atoms with Crippen LogP contribution in [0.1, 0.15) is 48.2 Å². The molecule has 2 N–H and O–H groups in total. The second-order valence-electron chi connectivity index (χ2n) is 8.64. The van der Waals surface area contributed by atoms with Gasteiger partial charge in [-0.2, -0.15) is 13.2 Å². The van der Waals surface area contributed by atoms with E-state index < -0.39 is 12.6 Å². The van der Waals surface area contributed by atoms with Crippen molar-refractivity contribution in [3.05, 3.63) is 59.4 Å². The zero-order valence-corrected chi connectivity index (χ0v) is 18.8. The molecule has 3 aromatic rings. The summed E-state index contributed by atoms with van der Waals surface area (Å²) in [5.74, 6) is 0.454. The van der Waals surface area contributed by atoms with Gasteiger partial charge in [-0.15, -0.1) is 0 Å². The number of benzene rings is 1. The van der Waals surface area contributed by atoms with Gasteiger partial charge in [0, 0.05) is 29.9 Å². The van der Waals surface area contributed by atoms with E-state index in [1.54, 1.807) is 12.3 Å². The number of allylic oxidation sites excluding steroid dienone is 1. The average molecular weight is 457 g/mol. The quantitative estimate of drug-likeness (QED) is 0.469. The van der Waals surface area contributed by atoms with Crippen molar-refractivity contribution in [2.75, 3.05) is 11.9 Å². The fourth-order valence-electron chi connectivity index (χ4n) is 3.92. The molecule has 2 aromatic heterocycles. The van der Waals surface area contributed by atoms with Crippen LogP contribution in [0.25, 0.3) is 23.0 Å². The van der Waals surface area contributed by atoms with Crippen molar-refractivity contribution in [1.82, 2.24) is 14.7 Å². The van der Waals surface area contributed by atoms with Gasteiger partial charge in [0.1, 0.15) is 0 Å². The van der Waals surface area contributed by atoms with Crippen molar-refractivity contribution in [3.63, 3.8) is 0 Å². The molecule has 5 nitrogen and oxygen atoms in total. The lowest BCUT2D eigenvalue weighted by molar-refractivity contribution is -0.131. The normalized spacial score (nSPS) is 18.1. The minimum absolute atomic E-state index is 0.0712. The zero-order chi connectivity index (χ0) is 23.8.